The first kappa shape index (κ1) is 17.8. The van der Waals surface area contributed by atoms with Crippen molar-refractivity contribution in [2.45, 2.75) is 39.5 Å². The first-order valence-electron chi connectivity index (χ1n) is 8.33. The van der Waals surface area contributed by atoms with Crippen molar-refractivity contribution in [3.8, 4) is 0 Å². The number of carboxylic acid groups (broad SMARTS) is 1. The molecule has 6 nitrogen and oxygen atoms in total. The maximum atomic E-state index is 11.3. The first-order chi connectivity index (χ1) is 11.6. The van der Waals surface area contributed by atoms with Gasteiger partial charge in [-0.1, -0.05) is 44.9 Å². The van der Waals surface area contributed by atoms with Crippen molar-refractivity contribution in [3.63, 3.8) is 0 Å². The fourth-order valence-corrected chi connectivity index (χ4v) is 2.57. The number of hydrogen-bond donors (Lipinski definition) is 2. The number of unbranched alkanes of at least 4 members (excludes halogenated alkanes) is 1. The van der Waals surface area contributed by atoms with Crippen molar-refractivity contribution in [2.75, 3.05) is 5.32 Å². The molecule has 1 aromatic heterocycles. The van der Waals surface area contributed by atoms with Gasteiger partial charge < -0.3 is 10.4 Å². The third kappa shape index (κ3) is 5.30. The summed E-state index contributed by atoms with van der Waals surface area (Å²) in [5.74, 6) is -0.0675. The smallest absolute Gasteiger partial charge is 0.306 e. The highest BCUT2D eigenvalue weighted by Crippen LogP contribution is 2.23. The molecule has 0 aliphatic carbocycles. The van der Waals surface area contributed by atoms with E-state index in [0.29, 0.717) is 18.2 Å². The van der Waals surface area contributed by atoms with E-state index in [1.807, 2.05) is 30.3 Å². The number of para-hydroxylation sites is 1. The van der Waals surface area contributed by atoms with Crippen LogP contribution in [0.3, 0.4) is 0 Å². The summed E-state index contributed by atoms with van der Waals surface area (Å²) in [5, 5.41) is 12.4. The molecule has 2 rings (SSSR count). The van der Waals surface area contributed by atoms with E-state index in [0.717, 1.165) is 24.9 Å². The molecule has 0 spiro atoms. The Kier molecular flexibility index (Phi) is 6.66. The van der Waals surface area contributed by atoms with E-state index in [4.69, 9.17) is 0 Å². The molecular weight excluding hydrogens is 304 g/mol. The van der Waals surface area contributed by atoms with Crippen LogP contribution in [-0.2, 0) is 11.2 Å². The van der Waals surface area contributed by atoms with Gasteiger partial charge in [0.1, 0.15) is 12.2 Å². The van der Waals surface area contributed by atoms with E-state index >= 15 is 0 Å². The second kappa shape index (κ2) is 8.96. The lowest BCUT2D eigenvalue weighted by Gasteiger charge is -2.20. The molecule has 0 saturated carbocycles. The van der Waals surface area contributed by atoms with E-state index in [2.05, 4.69) is 27.2 Å². The quantitative estimate of drug-likeness (QED) is 0.730. The van der Waals surface area contributed by atoms with Crippen molar-refractivity contribution in [2.24, 2.45) is 11.8 Å². The monoisotopic (exact) mass is 328 g/mol. The van der Waals surface area contributed by atoms with E-state index < -0.39 is 11.9 Å². The van der Waals surface area contributed by atoms with Crippen molar-refractivity contribution >= 4 is 17.6 Å². The minimum atomic E-state index is -0.771. The van der Waals surface area contributed by atoms with Crippen LogP contribution in [0, 0.1) is 11.8 Å². The maximum absolute atomic E-state index is 11.3. The molecule has 0 saturated heterocycles. The molecule has 1 aromatic carbocycles. The van der Waals surface area contributed by atoms with Gasteiger partial charge in [0.15, 0.2) is 0 Å². The Morgan fingerprint density at radius 3 is 2.67 bits per heavy atom. The maximum Gasteiger partial charge on any atom is 0.306 e. The van der Waals surface area contributed by atoms with Gasteiger partial charge in [0.05, 0.1) is 5.92 Å². The van der Waals surface area contributed by atoms with Gasteiger partial charge in [-0.2, -0.15) is 4.98 Å². The minimum absolute atomic E-state index is 0.0226. The average Bonchev–Trinajstić information content (AvgIpc) is 2.59. The van der Waals surface area contributed by atoms with E-state index in [-0.39, 0.29) is 5.92 Å². The molecular formula is C18H24N4O2. The number of nitrogens with zero attached hydrogens (tertiary/aromatic N) is 3. The van der Waals surface area contributed by atoms with Gasteiger partial charge in [0.2, 0.25) is 5.95 Å². The Bertz CT molecular complexity index is 648. The van der Waals surface area contributed by atoms with Crippen LogP contribution in [0.4, 0.5) is 11.6 Å². The highest BCUT2D eigenvalue weighted by molar-refractivity contribution is 5.69. The van der Waals surface area contributed by atoms with Gasteiger partial charge in [-0.15, -0.1) is 0 Å². The zero-order chi connectivity index (χ0) is 17.4. The molecule has 0 aliphatic heterocycles. The normalized spacial score (nSPS) is 13.2. The summed E-state index contributed by atoms with van der Waals surface area (Å²) in [7, 11) is 0. The molecule has 6 heteroatoms. The largest absolute Gasteiger partial charge is 0.481 e. The van der Waals surface area contributed by atoms with Gasteiger partial charge >= 0.3 is 5.97 Å². The third-order valence-electron chi connectivity index (χ3n) is 4.12. The predicted octanol–water partition coefficient (Wildman–Crippen LogP) is 3.68. The molecule has 0 amide bonds. The number of rotatable bonds is 9. The van der Waals surface area contributed by atoms with Crippen LogP contribution in [0.15, 0.2) is 36.7 Å². The summed E-state index contributed by atoms with van der Waals surface area (Å²) in [4.78, 5) is 24.1. The fourth-order valence-electron chi connectivity index (χ4n) is 2.57. The zero-order valence-electron chi connectivity index (χ0n) is 14.1. The lowest BCUT2D eigenvalue weighted by molar-refractivity contribution is -0.143. The van der Waals surface area contributed by atoms with Crippen LogP contribution in [0.5, 0.6) is 0 Å². The Morgan fingerprint density at radius 2 is 2.00 bits per heavy atom. The summed E-state index contributed by atoms with van der Waals surface area (Å²) < 4.78 is 0. The molecule has 0 radical (unpaired) electrons. The predicted molar refractivity (Wildman–Crippen MR) is 93.1 cm³/mol. The zero-order valence-corrected chi connectivity index (χ0v) is 14.1. The molecule has 0 bridgehead atoms. The van der Waals surface area contributed by atoms with Crippen LogP contribution < -0.4 is 5.32 Å². The van der Waals surface area contributed by atoms with Crippen molar-refractivity contribution in [3.05, 3.63) is 42.5 Å². The third-order valence-corrected chi connectivity index (χ3v) is 4.12. The standard InChI is InChI=1S/C18H24N4O2/c1-3-4-8-14(13(2)17(23)24)11-16-19-12-20-18(22-16)21-15-9-6-5-7-10-15/h5-7,9-10,12-14H,3-4,8,11H2,1-2H3,(H,23,24)(H,19,20,21,22). The van der Waals surface area contributed by atoms with Gasteiger partial charge in [0.25, 0.3) is 0 Å². The SMILES string of the molecule is CCCCC(Cc1ncnc(Nc2ccccc2)n1)C(C)C(=O)O. The van der Waals surface area contributed by atoms with Crippen molar-refractivity contribution in [1.29, 1.82) is 0 Å². The average molecular weight is 328 g/mol. The summed E-state index contributed by atoms with van der Waals surface area (Å²) in [6.07, 6.45) is 4.91. The number of aliphatic carboxylic acids is 1. The van der Waals surface area contributed by atoms with Crippen LogP contribution >= 0.6 is 0 Å². The number of aromatic nitrogens is 3. The topological polar surface area (TPSA) is 88.0 Å². The Hall–Kier alpha value is -2.50. The highest BCUT2D eigenvalue weighted by Gasteiger charge is 2.24. The van der Waals surface area contributed by atoms with E-state index in [9.17, 15) is 9.90 Å². The second-order valence-electron chi connectivity index (χ2n) is 5.95. The van der Waals surface area contributed by atoms with Gasteiger partial charge in [-0.25, -0.2) is 9.97 Å². The molecule has 2 N–H and O–H groups in total. The molecule has 2 unspecified atom stereocenters. The summed E-state index contributed by atoms with van der Waals surface area (Å²) in [6, 6.07) is 9.66. The number of benzene rings is 1. The van der Waals surface area contributed by atoms with Crippen LogP contribution in [-0.4, -0.2) is 26.0 Å². The molecule has 128 valence electrons. The summed E-state index contributed by atoms with van der Waals surface area (Å²) in [6.45, 7) is 3.86. The summed E-state index contributed by atoms with van der Waals surface area (Å²) >= 11 is 0. The Labute approximate surface area is 142 Å². The molecule has 1 heterocycles. The highest BCUT2D eigenvalue weighted by atomic mass is 16.4. The molecule has 0 fully saturated rings. The van der Waals surface area contributed by atoms with Crippen LogP contribution in [0.2, 0.25) is 0 Å². The van der Waals surface area contributed by atoms with E-state index in [1.54, 1.807) is 6.92 Å². The van der Waals surface area contributed by atoms with Gasteiger partial charge in [-0.05, 0) is 24.5 Å². The lowest BCUT2D eigenvalue weighted by Crippen LogP contribution is -2.23. The number of carboxylic acids is 1. The molecule has 24 heavy (non-hydrogen) atoms. The van der Waals surface area contributed by atoms with Crippen molar-refractivity contribution < 1.29 is 9.90 Å². The van der Waals surface area contributed by atoms with Crippen LogP contribution in [0.1, 0.15) is 38.9 Å². The number of hydrogen-bond acceptors (Lipinski definition) is 5. The lowest BCUT2D eigenvalue weighted by atomic mass is 9.86. The number of carbonyl (C=O) groups is 1. The Morgan fingerprint density at radius 1 is 1.25 bits per heavy atom. The molecule has 2 aromatic rings. The molecule has 2 atom stereocenters. The molecule has 0 aliphatic rings. The fraction of sp³-hybridized carbons (Fsp3) is 0.444. The van der Waals surface area contributed by atoms with Gasteiger partial charge in [0, 0.05) is 12.1 Å². The van der Waals surface area contributed by atoms with Crippen LogP contribution in [0.25, 0.3) is 0 Å². The van der Waals surface area contributed by atoms with Crippen molar-refractivity contribution in [1.82, 2.24) is 15.0 Å². The second-order valence-corrected chi connectivity index (χ2v) is 5.95. The van der Waals surface area contributed by atoms with E-state index in [1.165, 1.54) is 6.33 Å². The Balaban J connectivity index is 2.09. The minimum Gasteiger partial charge on any atom is -0.481 e. The number of nitrogens with one attached hydrogen (secondary N) is 1. The summed E-state index contributed by atoms with van der Waals surface area (Å²) in [5.41, 5.74) is 0.899. The van der Waals surface area contributed by atoms with Gasteiger partial charge in [-0.3, -0.25) is 4.79 Å². The number of anilines is 2. The first-order valence-corrected chi connectivity index (χ1v) is 8.33.